The van der Waals surface area contributed by atoms with Gasteiger partial charge < -0.3 is 4.74 Å². The van der Waals surface area contributed by atoms with Crippen molar-refractivity contribution in [3.63, 3.8) is 0 Å². The first kappa shape index (κ1) is 17.3. The molecule has 0 radical (unpaired) electrons. The van der Waals surface area contributed by atoms with Crippen molar-refractivity contribution in [1.29, 1.82) is 0 Å². The molecule has 0 saturated heterocycles. The molecule has 0 saturated carbocycles. The van der Waals surface area contributed by atoms with E-state index in [4.69, 9.17) is 0 Å². The Labute approximate surface area is 109 Å². The van der Waals surface area contributed by atoms with Gasteiger partial charge in [-0.05, 0) is 13.3 Å². The van der Waals surface area contributed by atoms with Gasteiger partial charge in [0.1, 0.15) is 0 Å². The number of rotatable bonds is 11. The maximum absolute atomic E-state index is 13.2. The molecule has 0 fully saturated rings. The summed E-state index contributed by atoms with van der Waals surface area (Å²) in [5, 5.41) is 0. The van der Waals surface area contributed by atoms with Crippen molar-refractivity contribution < 1.29 is 18.3 Å². The second-order valence-electron chi connectivity index (χ2n) is 4.65. The molecule has 0 bridgehead atoms. The summed E-state index contributed by atoms with van der Waals surface area (Å²) < 4.78 is 30.8. The fourth-order valence-corrected chi connectivity index (χ4v) is 1.82. The second kappa shape index (κ2) is 10.3. The van der Waals surface area contributed by atoms with Crippen LogP contribution in [0.4, 0.5) is 8.78 Å². The summed E-state index contributed by atoms with van der Waals surface area (Å²) in [4.78, 5) is 10.9. The Bertz CT molecular complexity index is 218. The minimum absolute atomic E-state index is 0.00581. The van der Waals surface area contributed by atoms with Crippen LogP contribution >= 0.6 is 0 Å². The van der Waals surface area contributed by atoms with Crippen LogP contribution in [0.2, 0.25) is 0 Å². The van der Waals surface area contributed by atoms with E-state index in [1.54, 1.807) is 0 Å². The first-order valence-corrected chi connectivity index (χ1v) is 7.09. The van der Waals surface area contributed by atoms with Crippen molar-refractivity contribution in [1.82, 2.24) is 0 Å². The first-order chi connectivity index (χ1) is 8.54. The molecule has 0 atom stereocenters. The highest BCUT2D eigenvalue weighted by atomic mass is 19.3. The van der Waals surface area contributed by atoms with E-state index in [2.05, 4.69) is 11.7 Å². The highest BCUT2D eigenvalue weighted by Gasteiger charge is 2.39. The van der Waals surface area contributed by atoms with E-state index in [0.29, 0.717) is 6.42 Å². The minimum atomic E-state index is -3.31. The van der Waals surface area contributed by atoms with Gasteiger partial charge in [-0.2, -0.15) is 8.78 Å². The van der Waals surface area contributed by atoms with Gasteiger partial charge in [-0.1, -0.05) is 51.9 Å². The first-order valence-electron chi connectivity index (χ1n) is 7.09. The quantitative estimate of drug-likeness (QED) is 0.399. The summed E-state index contributed by atoms with van der Waals surface area (Å²) in [6.45, 7) is 3.70. The molecule has 0 rings (SSSR count). The SMILES string of the molecule is CCCCCCCCCCC(F)(F)C(=O)OCC. The number of hydrogen-bond donors (Lipinski definition) is 0. The van der Waals surface area contributed by atoms with E-state index in [9.17, 15) is 13.6 Å². The predicted molar refractivity (Wildman–Crippen MR) is 68.8 cm³/mol. The molecule has 0 aromatic rings. The van der Waals surface area contributed by atoms with E-state index in [1.807, 2.05) is 0 Å². The Morgan fingerprint density at radius 1 is 0.944 bits per heavy atom. The zero-order valence-electron chi connectivity index (χ0n) is 11.6. The van der Waals surface area contributed by atoms with E-state index < -0.39 is 11.9 Å². The summed E-state index contributed by atoms with van der Waals surface area (Å²) >= 11 is 0. The van der Waals surface area contributed by atoms with Crippen molar-refractivity contribution >= 4 is 5.97 Å². The molecular formula is C14H26F2O2. The molecule has 0 aliphatic rings. The third kappa shape index (κ3) is 8.43. The third-order valence-corrected chi connectivity index (χ3v) is 2.92. The maximum Gasteiger partial charge on any atom is 0.376 e. The van der Waals surface area contributed by atoms with Crippen LogP contribution in [0, 0.1) is 0 Å². The lowest BCUT2D eigenvalue weighted by molar-refractivity contribution is -0.172. The van der Waals surface area contributed by atoms with Gasteiger partial charge in [-0.15, -0.1) is 0 Å². The van der Waals surface area contributed by atoms with Gasteiger partial charge in [-0.3, -0.25) is 0 Å². The average molecular weight is 264 g/mol. The number of alkyl halides is 2. The summed E-state index contributed by atoms with van der Waals surface area (Å²) in [7, 11) is 0. The standard InChI is InChI=1S/C14H26F2O2/c1-3-5-6-7-8-9-10-11-12-14(15,16)13(17)18-4-2/h3-12H2,1-2H3. The molecule has 108 valence electrons. The Hall–Kier alpha value is -0.670. The van der Waals surface area contributed by atoms with Crippen LogP contribution in [-0.4, -0.2) is 18.5 Å². The van der Waals surface area contributed by atoms with Crippen molar-refractivity contribution in [3.8, 4) is 0 Å². The molecule has 0 spiro atoms. The lowest BCUT2D eigenvalue weighted by atomic mass is 10.1. The van der Waals surface area contributed by atoms with Gasteiger partial charge >= 0.3 is 11.9 Å². The molecule has 4 heteroatoms. The van der Waals surface area contributed by atoms with Crippen LogP contribution in [-0.2, 0) is 9.53 Å². The van der Waals surface area contributed by atoms with E-state index >= 15 is 0 Å². The maximum atomic E-state index is 13.2. The van der Waals surface area contributed by atoms with Gasteiger partial charge in [0.2, 0.25) is 0 Å². The van der Waals surface area contributed by atoms with Crippen LogP contribution in [0.5, 0.6) is 0 Å². The largest absolute Gasteiger partial charge is 0.462 e. The molecule has 0 amide bonds. The monoisotopic (exact) mass is 264 g/mol. The molecule has 0 unspecified atom stereocenters. The van der Waals surface area contributed by atoms with E-state index in [0.717, 1.165) is 19.3 Å². The zero-order chi connectivity index (χ0) is 13.9. The average Bonchev–Trinajstić information content (AvgIpc) is 2.33. The molecule has 2 nitrogen and oxygen atoms in total. The molecule has 0 aromatic carbocycles. The van der Waals surface area contributed by atoms with Gasteiger partial charge in [0.05, 0.1) is 6.61 Å². The highest BCUT2D eigenvalue weighted by Crippen LogP contribution is 2.24. The topological polar surface area (TPSA) is 26.3 Å². The van der Waals surface area contributed by atoms with Crippen LogP contribution < -0.4 is 0 Å². The minimum Gasteiger partial charge on any atom is -0.462 e. The predicted octanol–water partition coefficient (Wildman–Crippen LogP) is 4.72. The number of carbonyl (C=O) groups excluding carboxylic acids is 1. The van der Waals surface area contributed by atoms with Gasteiger partial charge in [0.25, 0.3) is 0 Å². The fraction of sp³-hybridized carbons (Fsp3) is 0.929. The number of halogens is 2. The molecule has 0 N–H and O–H groups in total. The summed E-state index contributed by atoms with van der Waals surface area (Å²) in [6, 6.07) is 0. The van der Waals surface area contributed by atoms with Crippen LogP contribution in [0.1, 0.15) is 71.6 Å². The summed E-state index contributed by atoms with van der Waals surface area (Å²) in [6.07, 6.45) is 7.72. The third-order valence-electron chi connectivity index (χ3n) is 2.92. The van der Waals surface area contributed by atoms with Gasteiger partial charge in [0, 0.05) is 6.42 Å². The van der Waals surface area contributed by atoms with Crippen molar-refractivity contribution in [2.75, 3.05) is 6.61 Å². The molecule has 0 heterocycles. The number of unbranched alkanes of at least 4 members (excludes halogenated alkanes) is 7. The Morgan fingerprint density at radius 2 is 1.44 bits per heavy atom. The molecule has 18 heavy (non-hydrogen) atoms. The Morgan fingerprint density at radius 3 is 1.94 bits per heavy atom. The number of esters is 1. The van der Waals surface area contributed by atoms with Crippen molar-refractivity contribution in [2.24, 2.45) is 0 Å². The lowest BCUT2D eigenvalue weighted by Gasteiger charge is -2.14. The van der Waals surface area contributed by atoms with Gasteiger partial charge in [0.15, 0.2) is 0 Å². The van der Waals surface area contributed by atoms with Crippen molar-refractivity contribution in [3.05, 3.63) is 0 Å². The van der Waals surface area contributed by atoms with Crippen LogP contribution in [0.25, 0.3) is 0 Å². The molecular weight excluding hydrogens is 238 g/mol. The molecule has 0 aliphatic heterocycles. The lowest BCUT2D eigenvalue weighted by Crippen LogP contribution is -2.30. The summed E-state index contributed by atoms with van der Waals surface area (Å²) in [5.41, 5.74) is 0. The zero-order valence-corrected chi connectivity index (χ0v) is 11.6. The summed E-state index contributed by atoms with van der Waals surface area (Å²) in [5.74, 6) is -4.69. The normalized spacial score (nSPS) is 11.6. The van der Waals surface area contributed by atoms with Crippen molar-refractivity contribution in [2.45, 2.75) is 77.6 Å². The highest BCUT2D eigenvalue weighted by molar-refractivity contribution is 5.77. The molecule has 0 aromatic heterocycles. The van der Waals surface area contributed by atoms with Crippen LogP contribution in [0.3, 0.4) is 0 Å². The van der Waals surface area contributed by atoms with Gasteiger partial charge in [-0.25, -0.2) is 4.79 Å². The van der Waals surface area contributed by atoms with E-state index in [1.165, 1.54) is 32.6 Å². The van der Waals surface area contributed by atoms with Crippen LogP contribution in [0.15, 0.2) is 0 Å². The smallest absolute Gasteiger partial charge is 0.376 e. The number of carbonyl (C=O) groups is 1. The van der Waals surface area contributed by atoms with E-state index in [-0.39, 0.29) is 13.0 Å². The number of hydrogen-bond acceptors (Lipinski definition) is 2. The number of ether oxygens (including phenoxy) is 1. The second-order valence-corrected chi connectivity index (χ2v) is 4.65. The molecule has 0 aliphatic carbocycles. The Kier molecular flexibility index (Phi) is 9.89. The Balaban J connectivity index is 3.49. The fourth-order valence-electron chi connectivity index (χ4n) is 1.82.